The minimum absolute atomic E-state index is 0.0943. The van der Waals surface area contributed by atoms with Crippen molar-refractivity contribution in [3.05, 3.63) is 18.0 Å². The lowest BCUT2D eigenvalue weighted by molar-refractivity contribution is -0.141. The molecule has 2 fully saturated rings. The summed E-state index contributed by atoms with van der Waals surface area (Å²) in [7, 11) is 0. The Labute approximate surface area is 144 Å². The fourth-order valence-corrected chi connectivity index (χ4v) is 3.20. The molecule has 0 aliphatic carbocycles. The molecule has 2 aliphatic heterocycles. The second kappa shape index (κ2) is 7.55. The Balaban J connectivity index is 1.52. The van der Waals surface area contributed by atoms with Crippen LogP contribution in [0.2, 0.25) is 0 Å². The summed E-state index contributed by atoms with van der Waals surface area (Å²) in [6.45, 7) is 4.27. The zero-order valence-corrected chi connectivity index (χ0v) is 14.0. The van der Waals surface area contributed by atoms with Gasteiger partial charge in [0.2, 0.25) is 11.9 Å². The van der Waals surface area contributed by atoms with Crippen LogP contribution in [0.4, 0.5) is 19.1 Å². The zero-order chi connectivity index (χ0) is 17.9. The van der Waals surface area contributed by atoms with Gasteiger partial charge in [-0.05, 0) is 25.3 Å². The van der Waals surface area contributed by atoms with Crippen LogP contribution in [0.15, 0.2) is 12.3 Å². The van der Waals surface area contributed by atoms with Gasteiger partial charge in [0.15, 0.2) is 0 Å². The molecule has 0 bridgehead atoms. The highest BCUT2D eigenvalue weighted by molar-refractivity contribution is 5.78. The quantitative estimate of drug-likeness (QED) is 0.823. The maximum Gasteiger partial charge on any atom is 0.433 e. The number of halogens is 3. The van der Waals surface area contributed by atoms with E-state index in [-0.39, 0.29) is 11.9 Å². The van der Waals surface area contributed by atoms with Crippen molar-refractivity contribution in [2.75, 3.05) is 50.7 Å². The molecule has 0 radical (unpaired) electrons. The highest BCUT2D eigenvalue weighted by Crippen LogP contribution is 2.28. The Morgan fingerprint density at radius 1 is 1.04 bits per heavy atom. The molecular formula is C16H22F3N5O. The van der Waals surface area contributed by atoms with E-state index in [4.69, 9.17) is 0 Å². The molecule has 0 saturated carbocycles. The summed E-state index contributed by atoms with van der Waals surface area (Å²) >= 11 is 0. The van der Waals surface area contributed by atoms with Crippen LogP contribution >= 0.6 is 0 Å². The second-order valence-corrected chi connectivity index (χ2v) is 6.44. The Morgan fingerprint density at radius 2 is 1.72 bits per heavy atom. The molecule has 0 aromatic carbocycles. The molecule has 138 valence electrons. The first-order chi connectivity index (χ1) is 11.9. The number of hydrogen-bond donors (Lipinski definition) is 0. The van der Waals surface area contributed by atoms with Crippen molar-refractivity contribution in [2.24, 2.45) is 0 Å². The molecule has 25 heavy (non-hydrogen) atoms. The van der Waals surface area contributed by atoms with Crippen LogP contribution < -0.4 is 4.90 Å². The summed E-state index contributed by atoms with van der Waals surface area (Å²) in [5.41, 5.74) is -0.930. The van der Waals surface area contributed by atoms with Crippen LogP contribution in [-0.2, 0) is 11.0 Å². The topological polar surface area (TPSA) is 52.6 Å². The standard InChI is InChI=1S/C16H22F3N5O/c17-16(18,19)13-4-5-20-15(21-13)24-10-8-22(9-11-24)12-14(25)23-6-2-1-3-7-23/h4-5H,1-3,6-12H2. The number of anilines is 1. The number of aromatic nitrogens is 2. The molecule has 2 saturated heterocycles. The highest BCUT2D eigenvalue weighted by atomic mass is 19.4. The zero-order valence-electron chi connectivity index (χ0n) is 14.0. The fraction of sp³-hybridized carbons (Fsp3) is 0.688. The Morgan fingerprint density at radius 3 is 2.36 bits per heavy atom. The van der Waals surface area contributed by atoms with E-state index >= 15 is 0 Å². The number of amides is 1. The third-order valence-corrected chi connectivity index (χ3v) is 4.66. The van der Waals surface area contributed by atoms with Crippen molar-refractivity contribution < 1.29 is 18.0 Å². The van der Waals surface area contributed by atoms with Gasteiger partial charge in [-0.2, -0.15) is 13.2 Å². The van der Waals surface area contributed by atoms with Gasteiger partial charge < -0.3 is 9.80 Å². The lowest BCUT2D eigenvalue weighted by atomic mass is 10.1. The van der Waals surface area contributed by atoms with Crippen molar-refractivity contribution in [3.8, 4) is 0 Å². The number of carbonyl (C=O) groups is 1. The van der Waals surface area contributed by atoms with Crippen LogP contribution in [0.25, 0.3) is 0 Å². The van der Waals surface area contributed by atoms with Crippen molar-refractivity contribution >= 4 is 11.9 Å². The molecule has 0 atom stereocenters. The number of likely N-dealkylation sites (tertiary alicyclic amines) is 1. The predicted molar refractivity (Wildman–Crippen MR) is 86.1 cm³/mol. The van der Waals surface area contributed by atoms with Crippen LogP contribution in [0.1, 0.15) is 25.0 Å². The molecular weight excluding hydrogens is 335 g/mol. The van der Waals surface area contributed by atoms with E-state index in [1.165, 1.54) is 6.42 Å². The Hall–Kier alpha value is -1.90. The van der Waals surface area contributed by atoms with Gasteiger partial charge in [-0.15, -0.1) is 0 Å². The first-order valence-electron chi connectivity index (χ1n) is 8.59. The summed E-state index contributed by atoms with van der Waals surface area (Å²) in [6, 6.07) is 0.872. The third kappa shape index (κ3) is 4.59. The summed E-state index contributed by atoms with van der Waals surface area (Å²) in [4.78, 5) is 25.6. The van der Waals surface area contributed by atoms with Crippen LogP contribution in [0.5, 0.6) is 0 Å². The number of rotatable bonds is 3. The Bertz CT molecular complexity index is 596. The minimum atomic E-state index is -4.47. The average molecular weight is 357 g/mol. The lowest BCUT2D eigenvalue weighted by Gasteiger charge is -2.36. The molecule has 0 unspecified atom stereocenters. The van der Waals surface area contributed by atoms with E-state index < -0.39 is 11.9 Å². The number of hydrogen-bond acceptors (Lipinski definition) is 5. The van der Waals surface area contributed by atoms with Crippen molar-refractivity contribution in [3.63, 3.8) is 0 Å². The van der Waals surface area contributed by atoms with Gasteiger partial charge in [0.05, 0.1) is 6.54 Å². The molecule has 1 aromatic rings. The number of piperazine rings is 1. The van der Waals surface area contributed by atoms with E-state index in [2.05, 4.69) is 9.97 Å². The molecule has 1 amide bonds. The number of nitrogens with zero attached hydrogens (tertiary/aromatic N) is 5. The van der Waals surface area contributed by atoms with Crippen molar-refractivity contribution in [1.82, 2.24) is 19.8 Å². The van der Waals surface area contributed by atoms with Crippen LogP contribution in [0.3, 0.4) is 0 Å². The van der Waals surface area contributed by atoms with Gasteiger partial charge in [0, 0.05) is 45.5 Å². The minimum Gasteiger partial charge on any atom is -0.342 e. The molecule has 0 N–H and O–H groups in total. The van der Waals surface area contributed by atoms with Gasteiger partial charge in [0.25, 0.3) is 0 Å². The Kier molecular flexibility index (Phi) is 5.41. The van der Waals surface area contributed by atoms with E-state index in [0.29, 0.717) is 32.7 Å². The highest BCUT2D eigenvalue weighted by Gasteiger charge is 2.33. The maximum atomic E-state index is 12.8. The molecule has 9 heteroatoms. The largest absolute Gasteiger partial charge is 0.433 e. The van der Waals surface area contributed by atoms with Gasteiger partial charge >= 0.3 is 6.18 Å². The van der Waals surface area contributed by atoms with Gasteiger partial charge in [-0.3, -0.25) is 9.69 Å². The number of piperidine rings is 1. The number of carbonyl (C=O) groups excluding carboxylic acids is 1. The normalized spacial score (nSPS) is 20.0. The second-order valence-electron chi connectivity index (χ2n) is 6.44. The third-order valence-electron chi connectivity index (χ3n) is 4.66. The van der Waals surface area contributed by atoms with E-state index in [0.717, 1.165) is 38.2 Å². The fourth-order valence-electron chi connectivity index (χ4n) is 3.20. The summed E-state index contributed by atoms with van der Waals surface area (Å²) in [6.07, 6.45) is -0.0317. The first-order valence-corrected chi connectivity index (χ1v) is 8.59. The lowest BCUT2D eigenvalue weighted by Crippen LogP contribution is -2.51. The molecule has 6 nitrogen and oxygen atoms in total. The number of alkyl halides is 3. The van der Waals surface area contributed by atoms with Crippen LogP contribution in [-0.4, -0.2) is 71.5 Å². The van der Waals surface area contributed by atoms with E-state index in [1.807, 2.05) is 9.80 Å². The predicted octanol–water partition coefficient (Wildman–Crippen LogP) is 1.63. The van der Waals surface area contributed by atoms with E-state index in [1.54, 1.807) is 4.90 Å². The maximum absolute atomic E-state index is 12.8. The monoisotopic (exact) mass is 357 g/mol. The SMILES string of the molecule is O=C(CN1CCN(c2nccc(C(F)(F)F)n2)CC1)N1CCCCC1. The summed E-state index contributed by atoms with van der Waals surface area (Å²) in [5, 5.41) is 0. The van der Waals surface area contributed by atoms with Crippen molar-refractivity contribution in [2.45, 2.75) is 25.4 Å². The summed E-state index contributed by atoms with van der Waals surface area (Å²) < 4.78 is 38.3. The first kappa shape index (κ1) is 17.9. The smallest absolute Gasteiger partial charge is 0.342 e. The molecule has 1 aromatic heterocycles. The van der Waals surface area contributed by atoms with Crippen molar-refractivity contribution in [1.29, 1.82) is 0 Å². The van der Waals surface area contributed by atoms with Gasteiger partial charge in [-0.1, -0.05) is 0 Å². The average Bonchev–Trinajstić information content (AvgIpc) is 2.62. The molecule has 0 spiro atoms. The van der Waals surface area contributed by atoms with Gasteiger partial charge in [0.1, 0.15) is 5.69 Å². The summed E-state index contributed by atoms with van der Waals surface area (Å²) in [5.74, 6) is 0.236. The van der Waals surface area contributed by atoms with Crippen LogP contribution in [0, 0.1) is 0 Å². The molecule has 2 aliphatic rings. The van der Waals surface area contributed by atoms with E-state index in [9.17, 15) is 18.0 Å². The molecule has 3 rings (SSSR count). The molecule has 3 heterocycles. The van der Waals surface area contributed by atoms with Gasteiger partial charge in [-0.25, -0.2) is 9.97 Å².